The first-order valence-corrected chi connectivity index (χ1v) is 18.8. The summed E-state index contributed by atoms with van der Waals surface area (Å²) >= 11 is -2.85. The number of hydrogen-bond acceptors (Lipinski definition) is 10. The summed E-state index contributed by atoms with van der Waals surface area (Å²) in [7, 11) is 0. The van der Waals surface area contributed by atoms with E-state index in [0.717, 1.165) is 44.1 Å². The van der Waals surface area contributed by atoms with Gasteiger partial charge in [0.1, 0.15) is 24.4 Å². The minimum absolute atomic E-state index is 0. The fraction of sp³-hybridized carbons (Fsp3) is 0.944. The maximum Gasteiger partial charge on any atom is 0.187 e. The normalized spacial score (nSPS) is 48.6. The van der Waals surface area contributed by atoms with Crippen LogP contribution in [0.25, 0.3) is 0 Å². The molecule has 0 bridgehead atoms. The largest absolute Gasteiger partial charge is 0.750 e. The molecular weight excluding hydrogens is 638 g/mol. The van der Waals surface area contributed by atoms with E-state index in [4.69, 9.17) is 9.47 Å². The minimum atomic E-state index is -2.85. The number of hydrogen-bond donors (Lipinski definition) is 6. The lowest BCUT2D eigenvalue weighted by molar-refractivity contribution is -0.335. The highest BCUT2D eigenvalue weighted by atomic mass is 32.2. The average molecular weight is 704 g/mol. The van der Waals surface area contributed by atoms with E-state index >= 15 is 0 Å². The lowest BCUT2D eigenvalue weighted by Gasteiger charge is -2.70. The zero-order valence-corrected chi connectivity index (χ0v) is 31.5. The molecule has 5 fully saturated rings. The quantitative estimate of drug-likeness (QED) is 0.146. The van der Waals surface area contributed by atoms with E-state index < -0.39 is 60.4 Å². The van der Waals surface area contributed by atoms with Gasteiger partial charge in [-0.3, -0.25) is 4.18 Å². The van der Waals surface area contributed by atoms with Gasteiger partial charge in [0.05, 0.1) is 35.8 Å². The van der Waals surface area contributed by atoms with E-state index in [1.54, 1.807) is 0 Å². The first-order valence-electron chi connectivity index (χ1n) is 17.8. The summed E-state index contributed by atoms with van der Waals surface area (Å²) in [5.41, 5.74) is -0.126. The Labute approximate surface area is 290 Å². The van der Waals surface area contributed by atoms with Gasteiger partial charge >= 0.3 is 0 Å². The van der Waals surface area contributed by atoms with Gasteiger partial charge in [-0.15, -0.1) is 0 Å². The molecule has 5 unspecified atom stereocenters. The van der Waals surface area contributed by atoms with Gasteiger partial charge in [-0.25, -0.2) is 4.21 Å². The van der Waals surface area contributed by atoms with Crippen LogP contribution in [0.15, 0.2) is 11.6 Å². The standard InChI is InChI=1S/C36H62O10S.H3N/c1-20(2)10-9-14-36(8,46-31-30(41)29(40)28(39)23(45-31)19-44-47(42)43)21-11-16-35(7)27(21)22(37)18-25-33(5)15-13-26(38)32(3,4)24(33)12-17-34(25,35)6;/h10,21-31,37-41H,9,11-19H2,1-8H3,(H,42,43);1H3/t21?,22-,23-,24?,25?,26+,27?,28-,29+,30-,31+,33+,34-,35-,36+;/m1./s1. The Bertz CT molecular complexity index is 1200. The van der Waals surface area contributed by atoms with Crippen LogP contribution in [0, 0.1) is 45.3 Å². The van der Waals surface area contributed by atoms with Crippen LogP contribution in [-0.2, 0) is 25.0 Å². The monoisotopic (exact) mass is 703 g/mol. The Balaban J connectivity index is 0.00000520. The molecule has 0 aromatic carbocycles. The zero-order chi connectivity index (χ0) is 34.9. The highest BCUT2D eigenvalue weighted by Gasteiger charge is 2.71. The number of aliphatic hydroxyl groups is 5. The van der Waals surface area contributed by atoms with Crippen molar-refractivity contribution in [2.75, 3.05) is 6.61 Å². The van der Waals surface area contributed by atoms with Gasteiger partial charge in [-0.05, 0) is 124 Å². The summed E-state index contributed by atoms with van der Waals surface area (Å²) in [4.78, 5) is 0. The first-order chi connectivity index (χ1) is 21.7. The lowest BCUT2D eigenvalue weighted by Crippen LogP contribution is -2.67. The molecule has 11 nitrogen and oxygen atoms in total. The molecule has 4 aliphatic carbocycles. The van der Waals surface area contributed by atoms with Gasteiger partial charge in [0, 0.05) is 0 Å². The third kappa shape index (κ3) is 6.52. The van der Waals surface area contributed by atoms with Crippen LogP contribution in [-0.4, -0.2) is 89.4 Å². The minimum Gasteiger partial charge on any atom is -0.750 e. The molecule has 12 heteroatoms. The van der Waals surface area contributed by atoms with E-state index in [9.17, 15) is 34.3 Å². The number of fused-ring (bicyclic) bond motifs is 5. The van der Waals surface area contributed by atoms with Crippen LogP contribution >= 0.6 is 0 Å². The Kier molecular flexibility index (Phi) is 11.9. The van der Waals surface area contributed by atoms with Crippen LogP contribution in [0.4, 0.5) is 0 Å². The highest BCUT2D eigenvalue weighted by Crippen LogP contribution is 2.76. The summed E-state index contributed by atoms with van der Waals surface area (Å²) < 4.78 is 39.5. The molecule has 5 aliphatic rings. The molecule has 0 aromatic heterocycles. The molecule has 0 aromatic rings. The third-order valence-electron chi connectivity index (χ3n) is 14.7. The second-order valence-corrected chi connectivity index (χ2v) is 18.2. The molecule has 5 rings (SSSR count). The lowest BCUT2D eigenvalue weighted by atomic mass is 9.35. The maximum atomic E-state index is 12.3. The molecule has 0 radical (unpaired) electrons. The van der Waals surface area contributed by atoms with Crippen molar-refractivity contribution in [3.05, 3.63) is 11.6 Å². The predicted molar refractivity (Wildman–Crippen MR) is 182 cm³/mol. The average Bonchev–Trinajstić information content (AvgIpc) is 3.36. The molecule has 4 saturated carbocycles. The van der Waals surface area contributed by atoms with Crippen molar-refractivity contribution in [2.45, 2.75) is 162 Å². The Morgan fingerprint density at radius 1 is 0.938 bits per heavy atom. The topological polar surface area (TPSA) is 205 Å². The molecule has 0 spiro atoms. The number of quaternary nitrogens is 1. The SMILES string of the molecule is CC(C)=CCC[C@](C)(O[C@@H]1O[C@H](COS(=O)[O-])[C@@H](O)[C@H](O)[C@H]1O)C1CC[C@]2(C)C1[C@H](O)CC1[C@@]3(C)CC[C@H](O)C(C)(C)C3CC[C@]12C.[NH4+]. The van der Waals surface area contributed by atoms with Crippen molar-refractivity contribution < 1.29 is 48.0 Å². The Morgan fingerprint density at radius 2 is 1.58 bits per heavy atom. The molecule has 1 aliphatic heterocycles. The van der Waals surface area contributed by atoms with Gasteiger partial charge in [-0.1, -0.05) is 46.3 Å². The summed E-state index contributed by atoms with van der Waals surface area (Å²) in [6.45, 7) is 17.2. The van der Waals surface area contributed by atoms with E-state index in [1.807, 2.05) is 20.8 Å². The van der Waals surface area contributed by atoms with Gasteiger partial charge in [0.25, 0.3) is 0 Å². The third-order valence-corrected chi connectivity index (χ3v) is 15.1. The summed E-state index contributed by atoms with van der Waals surface area (Å²) in [5, 5.41) is 55.6. The van der Waals surface area contributed by atoms with Crippen molar-refractivity contribution in [2.24, 2.45) is 45.3 Å². The van der Waals surface area contributed by atoms with Crippen LogP contribution in [0.1, 0.15) is 113 Å². The van der Waals surface area contributed by atoms with Crippen molar-refractivity contribution in [1.29, 1.82) is 0 Å². The van der Waals surface area contributed by atoms with Gasteiger partial charge in [-0.2, -0.15) is 0 Å². The van der Waals surface area contributed by atoms with E-state index in [1.165, 1.54) is 0 Å². The molecule has 16 atom stereocenters. The van der Waals surface area contributed by atoms with E-state index in [0.29, 0.717) is 31.1 Å². The smallest absolute Gasteiger partial charge is 0.187 e. The van der Waals surface area contributed by atoms with Crippen molar-refractivity contribution in [3.8, 4) is 0 Å². The molecular formula is C36H65NO10S. The van der Waals surface area contributed by atoms with E-state index in [2.05, 4.69) is 44.9 Å². The molecule has 0 amide bonds. The van der Waals surface area contributed by atoms with Crippen LogP contribution < -0.4 is 6.15 Å². The number of ether oxygens (including phenoxy) is 2. The maximum absolute atomic E-state index is 12.3. The summed E-state index contributed by atoms with van der Waals surface area (Å²) in [6.07, 6.45) is 1.40. The molecule has 1 saturated heterocycles. The molecule has 1 heterocycles. The fourth-order valence-corrected chi connectivity index (χ4v) is 12.2. The number of rotatable bonds is 9. The zero-order valence-electron chi connectivity index (χ0n) is 30.7. The molecule has 280 valence electrons. The highest BCUT2D eigenvalue weighted by molar-refractivity contribution is 7.74. The Morgan fingerprint density at radius 3 is 2.21 bits per heavy atom. The fourth-order valence-electron chi connectivity index (χ4n) is 12.0. The number of aliphatic hydroxyl groups excluding tert-OH is 5. The summed E-state index contributed by atoms with van der Waals surface area (Å²) in [6, 6.07) is 0. The summed E-state index contributed by atoms with van der Waals surface area (Å²) in [5.74, 6) is 0.508. The van der Waals surface area contributed by atoms with Crippen molar-refractivity contribution in [3.63, 3.8) is 0 Å². The molecule has 9 N–H and O–H groups in total. The van der Waals surface area contributed by atoms with Gasteiger partial charge < -0.3 is 45.7 Å². The van der Waals surface area contributed by atoms with Gasteiger partial charge in [0.15, 0.2) is 6.29 Å². The first kappa shape index (κ1) is 40.3. The van der Waals surface area contributed by atoms with Crippen LogP contribution in [0.3, 0.4) is 0 Å². The van der Waals surface area contributed by atoms with Gasteiger partial charge in [0.2, 0.25) is 0 Å². The Hall–Kier alpha value is -0.510. The van der Waals surface area contributed by atoms with Crippen LogP contribution in [0.5, 0.6) is 0 Å². The molecule has 48 heavy (non-hydrogen) atoms. The number of allylic oxidation sites excluding steroid dienone is 2. The predicted octanol–water partition coefficient (Wildman–Crippen LogP) is 4.52. The second-order valence-electron chi connectivity index (χ2n) is 17.6. The van der Waals surface area contributed by atoms with Crippen LogP contribution in [0.2, 0.25) is 0 Å². The second kappa shape index (κ2) is 14.1. The van der Waals surface area contributed by atoms with Crippen molar-refractivity contribution in [1.82, 2.24) is 6.15 Å². The van der Waals surface area contributed by atoms with E-state index in [-0.39, 0.29) is 45.8 Å². The van der Waals surface area contributed by atoms with Crippen molar-refractivity contribution >= 4 is 11.4 Å².